The van der Waals surface area contributed by atoms with Crippen molar-refractivity contribution in [3.8, 4) is 0 Å². The summed E-state index contributed by atoms with van der Waals surface area (Å²) in [4.78, 5) is 0. The fourth-order valence-electron chi connectivity index (χ4n) is 1.47. The Morgan fingerprint density at radius 3 is 2.36 bits per heavy atom. The highest BCUT2D eigenvalue weighted by Gasteiger charge is 2.21. The molecule has 0 aliphatic carbocycles. The Kier molecular flexibility index (Phi) is 3.97. The van der Waals surface area contributed by atoms with Crippen LogP contribution in [0.1, 0.15) is 38.7 Å². The van der Waals surface area contributed by atoms with Crippen LogP contribution in [-0.4, -0.2) is 5.11 Å². The van der Waals surface area contributed by atoms with Crippen LogP contribution in [0.4, 0.5) is 0 Å². The predicted molar refractivity (Wildman–Crippen MR) is 60.5 cm³/mol. The molecule has 1 rings (SSSR count). The summed E-state index contributed by atoms with van der Waals surface area (Å²) in [5.41, 5.74) is 0.219. The molecule has 0 aromatic heterocycles. The SMILES string of the molecule is CCCCC(C)(O)c1ccc(Cl)cc1. The molecule has 0 spiro atoms. The van der Waals surface area contributed by atoms with Crippen molar-refractivity contribution in [3.05, 3.63) is 34.9 Å². The second-order valence-electron chi connectivity index (χ2n) is 3.88. The minimum absolute atomic E-state index is 0.708. The van der Waals surface area contributed by atoms with E-state index in [1.54, 1.807) is 0 Å². The van der Waals surface area contributed by atoms with Gasteiger partial charge in [0.15, 0.2) is 0 Å². The van der Waals surface area contributed by atoms with Crippen molar-refractivity contribution in [1.29, 1.82) is 0 Å². The first-order valence-electron chi connectivity index (χ1n) is 5.04. The molecule has 0 fully saturated rings. The van der Waals surface area contributed by atoms with Crippen LogP contribution in [0, 0.1) is 0 Å². The van der Waals surface area contributed by atoms with Gasteiger partial charge in [0.2, 0.25) is 0 Å². The molecule has 2 heteroatoms. The van der Waals surface area contributed by atoms with Crippen molar-refractivity contribution in [3.63, 3.8) is 0 Å². The monoisotopic (exact) mass is 212 g/mol. The molecule has 0 bridgehead atoms. The Hall–Kier alpha value is -0.530. The summed E-state index contributed by atoms with van der Waals surface area (Å²) >= 11 is 5.78. The number of hydrogen-bond acceptors (Lipinski definition) is 1. The molecule has 0 saturated carbocycles. The number of halogens is 1. The highest BCUT2D eigenvalue weighted by atomic mass is 35.5. The molecule has 0 heterocycles. The number of aliphatic hydroxyl groups is 1. The molecule has 1 N–H and O–H groups in total. The summed E-state index contributed by atoms with van der Waals surface area (Å²) < 4.78 is 0. The van der Waals surface area contributed by atoms with Gasteiger partial charge >= 0.3 is 0 Å². The van der Waals surface area contributed by atoms with E-state index in [4.69, 9.17) is 11.6 Å². The highest BCUT2D eigenvalue weighted by Crippen LogP contribution is 2.27. The van der Waals surface area contributed by atoms with Gasteiger partial charge in [0.05, 0.1) is 5.60 Å². The molecule has 14 heavy (non-hydrogen) atoms. The second-order valence-corrected chi connectivity index (χ2v) is 4.32. The van der Waals surface area contributed by atoms with Gasteiger partial charge in [-0.3, -0.25) is 0 Å². The topological polar surface area (TPSA) is 20.2 Å². The minimum Gasteiger partial charge on any atom is -0.385 e. The van der Waals surface area contributed by atoms with Crippen molar-refractivity contribution >= 4 is 11.6 Å². The Morgan fingerprint density at radius 2 is 1.86 bits per heavy atom. The third-order valence-corrected chi connectivity index (χ3v) is 2.74. The van der Waals surface area contributed by atoms with Crippen LogP contribution in [0.5, 0.6) is 0 Å². The molecule has 0 amide bonds. The van der Waals surface area contributed by atoms with Crippen molar-refractivity contribution in [2.24, 2.45) is 0 Å². The molecule has 1 nitrogen and oxygen atoms in total. The van der Waals surface area contributed by atoms with Gasteiger partial charge in [0, 0.05) is 5.02 Å². The minimum atomic E-state index is -0.722. The van der Waals surface area contributed by atoms with E-state index in [0.29, 0.717) is 5.02 Å². The normalized spacial score (nSPS) is 15.1. The molecular formula is C12H17ClO. The molecule has 1 aromatic carbocycles. The van der Waals surface area contributed by atoms with E-state index >= 15 is 0 Å². The first kappa shape index (κ1) is 11.5. The van der Waals surface area contributed by atoms with Gasteiger partial charge in [-0.1, -0.05) is 43.5 Å². The van der Waals surface area contributed by atoms with Gasteiger partial charge in [0.25, 0.3) is 0 Å². The molecule has 0 radical (unpaired) electrons. The van der Waals surface area contributed by atoms with E-state index < -0.39 is 5.60 Å². The number of rotatable bonds is 4. The Labute approximate surface area is 90.7 Å². The average Bonchev–Trinajstić information content (AvgIpc) is 2.16. The lowest BCUT2D eigenvalue weighted by molar-refractivity contribution is 0.0454. The molecule has 0 aliphatic rings. The summed E-state index contributed by atoms with van der Waals surface area (Å²) in [5, 5.41) is 10.9. The first-order valence-corrected chi connectivity index (χ1v) is 5.42. The van der Waals surface area contributed by atoms with Crippen LogP contribution in [0.2, 0.25) is 5.02 Å². The van der Waals surface area contributed by atoms with E-state index in [9.17, 15) is 5.11 Å². The standard InChI is InChI=1S/C12H17ClO/c1-3-4-9-12(2,14)10-5-7-11(13)8-6-10/h5-8,14H,3-4,9H2,1-2H3. The Bertz CT molecular complexity index is 277. The maximum Gasteiger partial charge on any atom is 0.0868 e. The fraction of sp³-hybridized carbons (Fsp3) is 0.500. The van der Waals surface area contributed by atoms with Crippen LogP contribution < -0.4 is 0 Å². The molecule has 0 saturated heterocycles. The summed E-state index contributed by atoms with van der Waals surface area (Å²) in [6.07, 6.45) is 2.94. The van der Waals surface area contributed by atoms with Crippen LogP contribution >= 0.6 is 11.6 Å². The van der Waals surface area contributed by atoms with Crippen LogP contribution in [0.3, 0.4) is 0 Å². The van der Waals surface area contributed by atoms with E-state index in [1.807, 2.05) is 31.2 Å². The maximum atomic E-state index is 10.2. The van der Waals surface area contributed by atoms with Crippen molar-refractivity contribution in [1.82, 2.24) is 0 Å². The summed E-state index contributed by atoms with van der Waals surface area (Å²) in [6, 6.07) is 7.41. The zero-order chi connectivity index (χ0) is 10.6. The number of benzene rings is 1. The van der Waals surface area contributed by atoms with Crippen molar-refractivity contribution < 1.29 is 5.11 Å². The quantitative estimate of drug-likeness (QED) is 0.806. The van der Waals surface area contributed by atoms with Crippen LogP contribution in [0.25, 0.3) is 0 Å². The lowest BCUT2D eigenvalue weighted by Crippen LogP contribution is -2.20. The molecule has 0 aliphatic heterocycles. The summed E-state index contributed by atoms with van der Waals surface area (Å²) in [7, 11) is 0. The Morgan fingerprint density at radius 1 is 1.29 bits per heavy atom. The summed E-state index contributed by atoms with van der Waals surface area (Å²) in [5.74, 6) is 0. The largest absolute Gasteiger partial charge is 0.385 e. The predicted octanol–water partition coefficient (Wildman–Crippen LogP) is 3.74. The second kappa shape index (κ2) is 4.81. The van der Waals surface area contributed by atoms with Crippen molar-refractivity contribution in [2.45, 2.75) is 38.7 Å². The third kappa shape index (κ3) is 3.00. The highest BCUT2D eigenvalue weighted by molar-refractivity contribution is 6.30. The zero-order valence-electron chi connectivity index (χ0n) is 8.76. The molecular weight excluding hydrogens is 196 g/mol. The number of hydrogen-bond donors (Lipinski definition) is 1. The Balaban J connectivity index is 2.75. The lowest BCUT2D eigenvalue weighted by Gasteiger charge is -2.23. The van der Waals surface area contributed by atoms with Crippen LogP contribution in [0.15, 0.2) is 24.3 Å². The maximum absolute atomic E-state index is 10.2. The van der Waals surface area contributed by atoms with Gasteiger partial charge in [-0.25, -0.2) is 0 Å². The summed E-state index contributed by atoms with van der Waals surface area (Å²) in [6.45, 7) is 3.98. The fourth-order valence-corrected chi connectivity index (χ4v) is 1.60. The van der Waals surface area contributed by atoms with E-state index in [0.717, 1.165) is 24.8 Å². The van der Waals surface area contributed by atoms with Gasteiger partial charge in [-0.05, 0) is 31.0 Å². The molecule has 1 atom stereocenters. The van der Waals surface area contributed by atoms with E-state index in [2.05, 4.69) is 6.92 Å². The smallest absolute Gasteiger partial charge is 0.0868 e. The van der Waals surface area contributed by atoms with Gasteiger partial charge < -0.3 is 5.11 Å². The average molecular weight is 213 g/mol. The van der Waals surface area contributed by atoms with Gasteiger partial charge in [0.1, 0.15) is 0 Å². The lowest BCUT2D eigenvalue weighted by atomic mass is 9.91. The van der Waals surface area contributed by atoms with Crippen LogP contribution in [-0.2, 0) is 5.60 Å². The van der Waals surface area contributed by atoms with E-state index in [1.165, 1.54) is 0 Å². The van der Waals surface area contributed by atoms with E-state index in [-0.39, 0.29) is 0 Å². The molecule has 78 valence electrons. The molecule has 1 unspecified atom stereocenters. The molecule has 1 aromatic rings. The first-order chi connectivity index (χ1) is 6.56. The third-order valence-electron chi connectivity index (χ3n) is 2.48. The van der Waals surface area contributed by atoms with Gasteiger partial charge in [-0.15, -0.1) is 0 Å². The van der Waals surface area contributed by atoms with Gasteiger partial charge in [-0.2, -0.15) is 0 Å². The zero-order valence-corrected chi connectivity index (χ0v) is 9.51. The van der Waals surface area contributed by atoms with Crippen molar-refractivity contribution in [2.75, 3.05) is 0 Å². The number of unbranched alkanes of at least 4 members (excludes halogenated alkanes) is 1.